The highest BCUT2D eigenvalue weighted by Crippen LogP contribution is 2.29. The van der Waals surface area contributed by atoms with E-state index >= 15 is 0 Å². The van der Waals surface area contributed by atoms with Crippen molar-refractivity contribution in [3.8, 4) is 0 Å². The minimum absolute atomic E-state index is 0.0767. The number of ether oxygens (including phenoxy) is 1. The van der Waals surface area contributed by atoms with E-state index in [-0.39, 0.29) is 11.4 Å². The number of amides is 3. The summed E-state index contributed by atoms with van der Waals surface area (Å²) in [7, 11) is 0. The maximum atomic E-state index is 12.6. The second-order valence-electron chi connectivity index (χ2n) is 7.66. The van der Waals surface area contributed by atoms with E-state index in [0.717, 1.165) is 16.3 Å². The quantitative estimate of drug-likeness (QED) is 0.786. The Balaban J connectivity index is 1.61. The summed E-state index contributed by atoms with van der Waals surface area (Å²) in [5.74, 6) is 0. The zero-order valence-corrected chi connectivity index (χ0v) is 17.5. The third-order valence-electron chi connectivity index (χ3n) is 4.51. The van der Waals surface area contributed by atoms with Crippen LogP contribution in [0, 0.1) is 0 Å². The Hall–Kier alpha value is -2.61. The Bertz CT molecular complexity index is 855. The molecule has 0 saturated heterocycles. The van der Waals surface area contributed by atoms with Crippen LogP contribution in [0.15, 0.2) is 24.3 Å². The van der Waals surface area contributed by atoms with E-state index in [1.165, 1.54) is 16.9 Å². The first-order valence-corrected chi connectivity index (χ1v) is 10.2. The first-order chi connectivity index (χ1) is 13.3. The number of thiazole rings is 1. The molecule has 0 spiro atoms. The van der Waals surface area contributed by atoms with Crippen molar-refractivity contribution in [2.24, 2.45) is 0 Å². The molecule has 0 aliphatic carbocycles. The van der Waals surface area contributed by atoms with Gasteiger partial charge in [0.25, 0.3) is 0 Å². The fraction of sp³-hybridized carbons (Fsp3) is 0.450. The Morgan fingerprint density at radius 2 is 1.93 bits per heavy atom. The fourth-order valence-corrected chi connectivity index (χ4v) is 3.94. The van der Waals surface area contributed by atoms with Gasteiger partial charge in [0, 0.05) is 23.5 Å². The van der Waals surface area contributed by atoms with E-state index in [9.17, 15) is 9.59 Å². The number of aromatic nitrogens is 1. The lowest BCUT2D eigenvalue weighted by molar-refractivity contribution is 0.168. The maximum Gasteiger partial charge on any atom is 0.413 e. The molecule has 1 aliphatic rings. The number of hydrogen-bond acceptors (Lipinski definition) is 5. The highest BCUT2D eigenvalue weighted by Gasteiger charge is 2.25. The summed E-state index contributed by atoms with van der Waals surface area (Å²) in [6, 6.07) is 7.81. The molecule has 0 atom stereocenters. The average Bonchev–Trinajstić information content (AvgIpc) is 3.02. The standard InChI is InChI=1S/C20H26N4O3S/c1-5-27-19(26)23-17-22-15-10-11-24(12-16(15)28-17)18(25)21-14-8-6-13(7-9-14)20(2,3)4/h6-9H,5,10-12H2,1-4H3,(H,21,25)(H,22,23,26). The molecule has 1 aromatic heterocycles. The molecule has 150 valence electrons. The lowest BCUT2D eigenvalue weighted by atomic mass is 9.87. The van der Waals surface area contributed by atoms with Crippen molar-refractivity contribution >= 4 is 34.3 Å². The van der Waals surface area contributed by atoms with E-state index in [4.69, 9.17) is 4.74 Å². The van der Waals surface area contributed by atoms with Crippen LogP contribution >= 0.6 is 11.3 Å². The van der Waals surface area contributed by atoms with Gasteiger partial charge in [0.1, 0.15) is 0 Å². The van der Waals surface area contributed by atoms with Gasteiger partial charge in [-0.25, -0.2) is 14.6 Å². The van der Waals surface area contributed by atoms with E-state index in [0.29, 0.717) is 31.2 Å². The molecule has 1 aromatic carbocycles. The highest BCUT2D eigenvalue weighted by molar-refractivity contribution is 7.15. The summed E-state index contributed by atoms with van der Waals surface area (Å²) in [4.78, 5) is 31.4. The summed E-state index contributed by atoms with van der Waals surface area (Å²) < 4.78 is 4.87. The van der Waals surface area contributed by atoms with Crippen LogP contribution in [0.3, 0.4) is 0 Å². The molecule has 2 aromatic rings. The third-order valence-corrected chi connectivity index (χ3v) is 5.50. The first kappa shape index (κ1) is 20.1. The minimum atomic E-state index is -0.512. The maximum absolute atomic E-state index is 12.6. The van der Waals surface area contributed by atoms with Gasteiger partial charge in [0.15, 0.2) is 5.13 Å². The number of rotatable bonds is 3. The number of fused-ring (bicyclic) bond motifs is 1. The van der Waals surface area contributed by atoms with Crippen molar-refractivity contribution in [3.63, 3.8) is 0 Å². The first-order valence-electron chi connectivity index (χ1n) is 9.35. The molecule has 0 radical (unpaired) electrons. The summed E-state index contributed by atoms with van der Waals surface area (Å²) in [5.41, 5.74) is 3.00. The van der Waals surface area contributed by atoms with Gasteiger partial charge in [-0.1, -0.05) is 44.2 Å². The average molecular weight is 403 g/mol. The molecule has 2 heterocycles. The van der Waals surface area contributed by atoms with Crippen molar-refractivity contribution in [1.29, 1.82) is 0 Å². The monoisotopic (exact) mass is 402 g/mol. The second kappa shape index (κ2) is 8.18. The van der Waals surface area contributed by atoms with Crippen LogP contribution in [-0.4, -0.2) is 35.2 Å². The molecule has 0 fully saturated rings. The van der Waals surface area contributed by atoms with Crippen LogP contribution in [0.2, 0.25) is 0 Å². The normalized spacial score (nSPS) is 13.6. The van der Waals surface area contributed by atoms with Gasteiger partial charge in [-0.15, -0.1) is 0 Å². The van der Waals surface area contributed by atoms with E-state index in [1.807, 2.05) is 24.3 Å². The summed E-state index contributed by atoms with van der Waals surface area (Å²) in [6.07, 6.45) is 0.147. The number of urea groups is 1. The number of nitrogens with one attached hydrogen (secondary N) is 2. The molecular formula is C20H26N4O3S. The van der Waals surface area contributed by atoms with Crippen molar-refractivity contribution < 1.29 is 14.3 Å². The minimum Gasteiger partial charge on any atom is -0.450 e. The third kappa shape index (κ3) is 4.81. The fourth-order valence-electron chi connectivity index (χ4n) is 2.93. The number of carbonyl (C=O) groups is 2. The molecule has 28 heavy (non-hydrogen) atoms. The predicted molar refractivity (Wildman–Crippen MR) is 111 cm³/mol. The van der Waals surface area contributed by atoms with Gasteiger partial charge in [-0.05, 0) is 30.0 Å². The SMILES string of the molecule is CCOC(=O)Nc1nc2c(s1)CN(C(=O)Nc1ccc(C(C)(C)C)cc1)CC2. The van der Waals surface area contributed by atoms with Crippen molar-refractivity contribution in [2.75, 3.05) is 23.8 Å². The topological polar surface area (TPSA) is 83.6 Å². The number of anilines is 2. The van der Waals surface area contributed by atoms with Crippen molar-refractivity contribution in [3.05, 3.63) is 40.4 Å². The summed E-state index contributed by atoms with van der Waals surface area (Å²) >= 11 is 1.38. The summed E-state index contributed by atoms with van der Waals surface area (Å²) in [6.45, 7) is 9.59. The molecule has 0 saturated carbocycles. The van der Waals surface area contributed by atoms with Crippen LogP contribution in [-0.2, 0) is 23.1 Å². The van der Waals surface area contributed by atoms with Crippen LogP contribution in [0.4, 0.5) is 20.4 Å². The van der Waals surface area contributed by atoms with Gasteiger partial charge in [-0.3, -0.25) is 5.32 Å². The molecule has 3 rings (SSSR count). The Morgan fingerprint density at radius 3 is 2.57 bits per heavy atom. The number of nitrogens with zero attached hydrogens (tertiary/aromatic N) is 2. The van der Waals surface area contributed by atoms with Gasteiger partial charge in [0.05, 0.1) is 18.8 Å². The lowest BCUT2D eigenvalue weighted by Crippen LogP contribution is -2.38. The van der Waals surface area contributed by atoms with Crippen molar-refractivity contribution in [2.45, 2.75) is 46.1 Å². The zero-order chi connectivity index (χ0) is 20.3. The van der Waals surface area contributed by atoms with Crippen LogP contribution in [0.25, 0.3) is 0 Å². The van der Waals surface area contributed by atoms with Gasteiger partial charge >= 0.3 is 12.1 Å². The molecule has 8 heteroatoms. The number of hydrogen-bond donors (Lipinski definition) is 2. The summed E-state index contributed by atoms with van der Waals surface area (Å²) in [5, 5.41) is 6.09. The molecule has 2 N–H and O–H groups in total. The van der Waals surface area contributed by atoms with Crippen LogP contribution in [0.1, 0.15) is 43.8 Å². The van der Waals surface area contributed by atoms with Crippen LogP contribution in [0.5, 0.6) is 0 Å². The predicted octanol–water partition coefficient (Wildman–Crippen LogP) is 4.60. The Kier molecular flexibility index (Phi) is 5.88. The second-order valence-corrected chi connectivity index (χ2v) is 8.75. The zero-order valence-electron chi connectivity index (χ0n) is 16.7. The smallest absolute Gasteiger partial charge is 0.413 e. The van der Waals surface area contributed by atoms with Gasteiger partial charge in [0.2, 0.25) is 0 Å². The molecule has 1 aliphatic heterocycles. The molecule has 3 amide bonds. The largest absolute Gasteiger partial charge is 0.450 e. The number of carbonyl (C=O) groups excluding carboxylic acids is 2. The lowest BCUT2D eigenvalue weighted by Gasteiger charge is -2.26. The molecule has 0 bridgehead atoms. The van der Waals surface area contributed by atoms with Gasteiger partial charge < -0.3 is 15.0 Å². The van der Waals surface area contributed by atoms with Gasteiger partial charge in [-0.2, -0.15) is 0 Å². The Morgan fingerprint density at radius 1 is 1.21 bits per heavy atom. The highest BCUT2D eigenvalue weighted by atomic mass is 32.1. The molecule has 7 nitrogen and oxygen atoms in total. The Labute approximate surface area is 169 Å². The van der Waals surface area contributed by atoms with E-state index in [1.54, 1.807) is 11.8 Å². The van der Waals surface area contributed by atoms with Crippen molar-refractivity contribution in [1.82, 2.24) is 9.88 Å². The van der Waals surface area contributed by atoms with E-state index in [2.05, 4.69) is 36.4 Å². The molecular weight excluding hydrogens is 376 g/mol. The van der Waals surface area contributed by atoms with Crippen LogP contribution < -0.4 is 10.6 Å². The number of benzene rings is 1. The molecule has 0 unspecified atom stereocenters. The van der Waals surface area contributed by atoms with E-state index < -0.39 is 6.09 Å².